The zero-order valence-corrected chi connectivity index (χ0v) is 19.5. The summed E-state index contributed by atoms with van der Waals surface area (Å²) in [5, 5.41) is 3.56. The highest BCUT2D eigenvalue weighted by Gasteiger charge is 2.31. The van der Waals surface area contributed by atoms with Crippen molar-refractivity contribution in [1.29, 1.82) is 0 Å². The quantitative estimate of drug-likeness (QED) is 0.383. The molecule has 162 valence electrons. The van der Waals surface area contributed by atoms with Crippen LogP contribution in [-0.4, -0.2) is 27.1 Å². The molecule has 0 radical (unpaired) electrons. The van der Waals surface area contributed by atoms with E-state index < -0.39 is 6.89 Å². The fourth-order valence-electron chi connectivity index (χ4n) is 4.10. The molecule has 4 rings (SSSR count). The summed E-state index contributed by atoms with van der Waals surface area (Å²) in [5.41, 5.74) is 1.16. The maximum atomic E-state index is 6.00. The maximum absolute atomic E-state index is 6.00. The normalized spacial score (nSPS) is 11.0. The van der Waals surface area contributed by atoms with E-state index in [4.69, 9.17) is 14.2 Å². The monoisotopic (exact) mass is 442 g/mol. The molecule has 0 atom stereocenters. The highest BCUT2D eigenvalue weighted by Crippen LogP contribution is 2.50. The van der Waals surface area contributed by atoms with Crippen LogP contribution >= 0.6 is 6.89 Å². The molecule has 32 heavy (non-hydrogen) atoms. The lowest BCUT2D eigenvalue weighted by Gasteiger charge is -2.31. The van der Waals surface area contributed by atoms with E-state index in [1.165, 1.54) is 10.6 Å². The van der Waals surface area contributed by atoms with E-state index in [1.54, 1.807) is 21.3 Å². The van der Waals surface area contributed by atoms with Gasteiger partial charge in [-0.05, 0) is 41.0 Å². The molecule has 4 aromatic rings. The van der Waals surface area contributed by atoms with E-state index in [1.807, 2.05) is 12.1 Å². The molecule has 0 heterocycles. The van der Waals surface area contributed by atoms with E-state index in [9.17, 15) is 0 Å². The molecular formula is C28H27O3P. The highest BCUT2D eigenvalue weighted by molar-refractivity contribution is 7.94. The standard InChI is InChI=1S/C28H27O3P/c1-29-25-19-20-26(28(31-3)27(25)30-2)32(23-15-9-5-10-16-23,24-17-11-6-12-18-24)21-22-13-7-4-8-14-22/h4-21H,1-3H3. The molecule has 0 aliphatic heterocycles. The number of rotatable bonds is 7. The van der Waals surface area contributed by atoms with Crippen molar-refractivity contribution in [2.24, 2.45) is 0 Å². The van der Waals surface area contributed by atoms with Crippen LogP contribution in [0.5, 0.6) is 17.2 Å². The molecule has 4 heteroatoms. The van der Waals surface area contributed by atoms with Gasteiger partial charge in [-0.2, -0.15) is 0 Å². The lowest BCUT2D eigenvalue weighted by molar-refractivity contribution is 0.326. The Morgan fingerprint density at radius 3 is 1.50 bits per heavy atom. The smallest absolute Gasteiger partial charge is 0.203 e. The molecule has 0 fully saturated rings. The van der Waals surface area contributed by atoms with Crippen LogP contribution in [-0.2, 0) is 0 Å². The molecule has 0 N–H and O–H groups in total. The minimum Gasteiger partial charge on any atom is -0.493 e. The van der Waals surface area contributed by atoms with Gasteiger partial charge in [-0.15, -0.1) is 0 Å². The lowest BCUT2D eigenvalue weighted by atomic mass is 10.2. The van der Waals surface area contributed by atoms with E-state index in [0.29, 0.717) is 17.2 Å². The number of ether oxygens (including phenoxy) is 3. The van der Waals surface area contributed by atoms with E-state index in [0.717, 1.165) is 10.9 Å². The van der Waals surface area contributed by atoms with Crippen LogP contribution in [0.3, 0.4) is 0 Å². The minimum absolute atomic E-state index is 0.602. The third-order valence-electron chi connectivity index (χ3n) is 5.53. The molecule has 0 unspecified atom stereocenters. The second-order valence-corrected chi connectivity index (χ2v) is 10.5. The summed E-state index contributed by atoms with van der Waals surface area (Å²) < 4.78 is 17.3. The first-order valence-electron chi connectivity index (χ1n) is 10.4. The van der Waals surface area contributed by atoms with Crippen LogP contribution < -0.4 is 30.1 Å². The summed E-state index contributed by atoms with van der Waals surface area (Å²) in [6.45, 7) is -2.29. The molecule has 3 nitrogen and oxygen atoms in total. The van der Waals surface area contributed by atoms with Gasteiger partial charge in [0, 0.05) is 5.30 Å². The number of hydrogen-bond acceptors (Lipinski definition) is 3. The van der Waals surface area contributed by atoms with E-state index >= 15 is 0 Å². The van der Waals surface area contributed by atoms with Gasteiger partial charge < -0.3 is 14.2 Å². The summed E-state index contributed by atoms with van der Waals surface area (Å²) in [5.74, 6) is 4.35. The van der Waals surface area contributed by atoms with Crippen molar-refractivity contribution in [1.82, 2.24) is 0 Å². The molecule has 4 aromatic carbocycles. The predicted octanol–water partition coefficient (Wildman–Crippen LogP) is 4.86. The molecule has 0 saturated carbocycles. The van der Waals surface area contributed by atoms with Crippen LogP contribution in [0.2, 0.25) is 0 Å². The Morgan fingerprint density at radius 1 is 0.531 bits per heavy atom. The second kappa shape index (κ2) is 9.80. The molecule has 0 saturated heterocycles. The average molecular weight is 442 g/mol. The Bertz CT molecular complexity index is 1180. The Kier molecular flexibility index (Phi) is 6.68. The lowest BCUT2D eigenvalue weighted by Crippen LogP contribution is -2.28. The highest BCUT2D eigenvalue weighted by atomic mass is 31.2. The number of hydrogen-bond donors (Lipinski definition) is 0. The molecule has 0 amide bonds. The van der Waals surface area contributed by atoms with Gasteiger partial charge in [-0.3, -0.25) is 0 Å². The van der Waals surface area contributed by atoms with Crippen molar-refractivity contribution in [2.75, 3.05) is 21.3 Å². The third-order valence-corrected chi connectivity index (χ3v) is 9.56. The van der Waals surface area contributed by atoms with Gasteiger partial charge in [0.1, 0.15) is 0 Å². The maximum Gasteiger partial charge on any atom is 0.203 e. The first kappa shape index (κ1) is 21.8. The summed E-state index contributed by atoms with van der Waals surface area (Å²) >= 11 is 0. The zero-order chi connectivity index (χ0) is 22.4. The Balaban J connectivity index is 2.20. The Labute approximate surface area is 190 Å². The van der Waals surface area contributed by atoms with Crippen molar-refractivity contribution in [2.45, 2.75) is 0 Å². The largest absolute Gasteiger partial charge is 0.493 e. The SMILES string of the molecule is COc1ccc(P(=Cc2ccccc2)(c2ccccc2)c2ccccc2)c(OC)c1OC. The van der Waals surface area contributed by atoms with E-state index in [-0.39, 0.29) is 0 Å². The second-order valence-electron chi connectivity index (χ2n) is 7.29. The van der Waals surface area contributed by atoms with Crippen LogP contribution in [0.25, 0.3) is 0 Å². The topological polar surface area (TPSA) is 27.7 Å². The van der Waals surface area contributed by atoms with Gasteiger partial charge in [0.2, 0.25) is 5.75 Å². The molecule has 0 aromatic heterocycles. The van der Waals surface area contributed by atoms with Crippen LogP contribution in [0.4, 0.5) is 0 Å². The third kappa shape index (κ3) is 3.92. The molecule has 0 spiro atoms. The van der Waals surface area contributed by atoms with Crippen molar-refractivity contribution in [3.05, 3.63) is 109 Å². The molecule has 0 aliphatic rings. The van der Waals surface area contributed by atoms with Crippen LogP contribution in [0.1, 0.15) is 5.56 Å². The number of methoxy groups -OCH3 is 3. The number of benzene rings is 4. The van der Waals surface area contributed by atoms with Gasteiger partial charge in [-0.1, -0.05) is 91.0 Å². The van der Waals surface area contributed by atoms with Gasteiger partial charge in [0.05, 0.1) is 21.3 Å². The molecular weight excluding hydrogens is 415 g/mol. The summed E-state index contributed by atoms with van der Waals surface area (Å²) in [6, 6.07) is 35.9. The molecule has 0 bridgehead atoms. The van der Waals surface area contributed by atoms with Crippen molar-refractivity contribution in [3.8, 4) is 17.2 Å². The Hall–Kier alpha value is -3.42. The Morgan fingerprint density at radius 2 is 1.03 bits per heavy atom. The first-order chi connectivity index (χ1) is 15.7. The molecule has 0 aliphatic carbocycles. The van der Waals surface area contributed by atoms with Crippen LogP contribution in [0, 0.1) is 0 Å². The summed E-state index contributed by atoms with van der Waals surface area (Å²) in [7, 11) is 4.98. The van der Waals surface area contributed by atoms with Gasteiger partial charge in [0.25, 0.3) is 0 Å². The van der Waals surface area contributed by atoms with Gasteiger partial charge in [0.15, 0.2) is 11.5 Å². The zero-order valence-electron chi connectivity index (χ0n) is 18.6. The fourth-order valence-corrected chi connectivity index (χ4v) is 8.12. The first-order valence-corrected chi connectivity index (χ1v) is 12.3. The van der Waals surface area contributed by atoms with E-state index in [2.05, 4.69) is 96.8 Å². The predicted molar refractivity (Wildman–Crippen MR) is 136 cm³/mol. The van der Waals surface area contributed by atoms with Gasteiger partial charge in [-0.25, -0.2) is 0 Å². The summed E-state index contributed by atoms with van der Waals surface area (Å²) in [6.07, 6.45) is 0. The van der Waals surface area contributed by atoms with Crippen molar-refractivity contribution in [3.63, 3.8) is 0 Å². The van der Waals surface area contributed by atoms with Gasteiger partial charge >= 0.3 is 0 Å². The van der Waals surface area contributed by atoms with Crippen molar-refractivity contribution < 1.29 is 14.2 Å². The minimum atomic E-state index is -2.29. The fraction of sp³-hybridized carbons (Fsp3) is 0.107. The summed E-state index contributed by atoms with van der Waals surface area (Å²) in [4.78, 5) is 0. The van der Waals surface area contributed by atoms with Crippen molar-refractivity contribution >= 4 is 28.6 Å². The average Bonchev–Trinajstić information content (AvgIpc) is 2.88. The van der Waals surface area contributed by atoms with Crippen LogP contribution in [0.15, 0.2) is 103 Å².